The number of rotatable bonds is 4. The predicted octanol–water partition coefficient (Wildman–Crippen LogP) is 5.10. The first-order chi connectivity index (χ1) is 15.2. The molecule has 5 nitrogen and oxygen atoms in total. The number of nitrogens with zero attached hydrogens (tertiary/aromatic N) is 3. The molecular formula is C23H22F3N3O2S. The molecule has 1 aliphatic carbocycles. The van der Waals surface area contributed by atoms with Crippen LogP contribution in [-0.4, -0.2) is 26.4 Å². The highest BCUT2D eigenvalue weighted by Gasteiger charge is 2.39. The summed E-state index contributed by atoms with van der Waals surface area (Å²) >= 11 is 1.21. The molecule has 1 amide bonds. The highest BCUT2D eigenvalue weighted by atomic mass is 32.1. The Morgan fingerprint density at radius 3 is 2.75 bits per heavy atom. The summed E-state index contributed by atoms with van der Waals surface area (Å²) in [6, 6.07) is 4.61. The van der Waals surface area contributed by atoms with E-state index in [1.54, 1.807) is 29.4 Å². The molecule has 1 aliphatic heterocycles. The maximum absolute atomic E-state index is 13.7. The molecule has 1 saturated carbocycles. The Morgan fingerprint density at radius 2 is 2.06 bits per heavy atom. The number of alkyl halides is 3. The summed E-state index contributed by atoms with van der Waals surface area (Å²) in [7, 11) is 0. The number of thiophene rings is 1. The molecule has 5 rings (SSSR count). The van der Waals surface area contributed by atoms with E-state index < -0.39 is 17.8 Å². The lowest BCUT2D eigenvalue weighted by molar-refractivity contribution is -0.137. The van der Waals surface area contributed by atoms with E-state index in [9.17, 15) is 22.8 Å². The number of halogens is 3. The summed E-state index contributed by atoms with van der Waals surface area (Å²) in [5.74, 6) is 0.501. The summed E-state index contributed by atoms with van der Waals surface area (Å²) < 4.78 is 41.3. The van der Waals surface area contributed by atoms with Gasteiger partial charge in [0.2, 0.25) is 0 Å². The molecule has 3 heterocycles. The van der Waals surface area contributed by atoms with Crippen molar-refractivity contribution in [2.24, 2.45) is 0 Å². The molecule has 0 radical (unpaired) electrons. The van der Waals surface area contributed by atoms with Crippen molar-refractivity contribution >= 4 is 27.5 Å². The third kappa shape index (κ3) is 3.43. The summed E-state index contributed by atoms with van der Waals surface area (Å²) in [6.07, 6.45) is -1.19. The summed E-state index contributed by atoms with van der Waals surface area (Å²) in [5, 5.41) is 0.478. The summed E-state index contributed by atoms with van der Waals surface area (Å²) in [5.41, 5.74) is 0.210. The van der Waals surface area contributed by atoms with E-state index in [4.69, 9.17) is 0 Å². The molecule has 2 aromatic heterocycles. The van der Waals surface area contributed by atoms with Crippen molar-refractivity contribution in [2.45, 2.75) is 64.3 Å². The second-order valence-corrected chi connectivity index (χ2v) is 9.57. The fourth-order valence-electron chi connectivity index (χ4n) is 4.54. The van der Waals surface area contributed by atoms with Gasteiger partial charge in [0, 0.05) is 19.0 Å². The third-order valence-corrected chi connectivity index (χ3v) is 7.57. The van der Waals surface area contributed by atoms with Crippen LogP contribution in [-0.2, 0) is 19.1 Å². The highest BCUT2D eigenvalue weighted by molar-refractivity contribution is 7.20. The Labute approximate surface area is 186 Å². The lowest BCUT2D eigenvalue weighted by Gasteiger charge is -2.30. The maximum atomic E-state index is 13.7. The number of amides is 1. The first-order valence-electron chi connectivity index (χ1n) is 10.7. The number of benzene rings is 1. The number of carbonyl (C=O) groups is 1. The summed E-state index contributed by atoms with van der Waals surface area (Å²) in [6.45, 7) is 4.16. The van der Waals surface area contributed by atoms with Crippen LogP contribution in [0.3, 0.4) is 0 Å². The zero-order valence-corrected chi connectivity index (χ0v) is 18.5. The molecule has 1 atom stereocenters. The molecule has 1 fully saturated rings. The molecule has 1 aromatic carbocycles. The van der Waals surface area contributed by atoms with E-state index in [0.29, 0.717) is 32.8 Å². The lowest BCUT2D eigenvalue weighted by atomic mass is 10.0. The molecule has 9 heteroatoms. The highest BCUT2D eigenvalue weighted by Crippen LogP contribution is 2.39. The minimum absolute atomic E-state index is 0.0179. The van der Waals surface area contributed by atoms with Crippen LogP contribution in [0.25, 0.3) is 10.2 Å². The monoisotopic (exact) mass is 461 g/mol. The van der Waals surface area contributed by atoms with Crippen molar-refractivity contribution in [2.75, 3.05) is 0 Å². The van der Waals surface area contributed by atoms with Gasteiger partial charge in [-0.05, 0) is 56.4 Å². The fraction of sp³-hybridized carbons (Fsp3) is 0.435. The smallest absolute Gasteiger partial charge is 0.328 e. The SMILES string of the molecule is Cc1c(C(=O)N(C2CC2)C(C)c2cccc(C(F)(F)F)c2)sc2nc3n(c(=O)c12)CCC3. The number of aromatic nitrogens is 2. The normalized spacial score (nSPS) is 16.9. The van der Waals surface area contributed by atoms with Crippen LogP contribution in [0.4, 0.5) is 13.2 Å². The van der Waals surface area contributed by atoms with Crippen molar-refractivity contribution in [3.8, 4) is 0 Å². The van der Waals surface area contributed by atoms with Crippen LogP contribution in [0.5, 0.6) is 0 Å². The standard InChI is InChI=1S/C23H22F3N3O2S/c1-12-18-20(27-17-7-4-10-28(17)21(18)30)32-19(12)22(31)29(16-8-9-16)13(2)14-5-3-6-15(11-14)23(24,25)26/h3,5-6,11,13,16H,4,7-10H2,1-2H3. The lowest BCUT2D eigenvalue weighted by Crippen LogP contribution is -2.35. The average molecular weight is 462 g/mol. The van der Waals surface area contributed by atoms with Crippen LogP contribution in [0.1, 0.15) is 64.4 Å². The van der Waals surface area contributed by atoms with E-state index >= 15 is 0 Å². The fourth-order valence-corrected chi connectivity index (χ4v) is 5.68. The number of hydrogen-bond acceptors (Lipinski definition) is 4. The largest absolute Gasteiger partial charge is 0.416 e. The molecule has 0 N–H and O–H groups in total. The van der Waals surface area contributed by atoms with Crippen molar-refractivity contribution in [3.05, 3.63) is 62.0 Å². The first kappa shape index (κ1) is 21.2. The second kappa shape index (κ2) is 7.43. The predicted molar refractivity (Wildman–Crippen MR) is 116 cm³/mol. The number of aryl methyl sites for hydroxylation is 2. The zero-order valence-electron chi connectivity index (χ0n) is 17.7. The van der Waals surface area contributed by atoms with E-state index in [2.05, 4.69) is 4.98 Å². The van der Waals surface area contributed by atoms with Crippen LogP contribution >= 0.6 is 11.3 Å². The average Bonchev–Trinajstić information content (AvgIpc) is 3.36. The molecule has 32 heavy (non-hydrogen) atoms. The molecule has 168 valence electrons. The van der Waals surface area contributed by atoms with E-state index in [1.807, 2.05) is 0 Å². The van der Waals surface area contributed by atoms with Gasteiger partial charge in [-0.15, -0.1) is 11.3 Å². The minimum atomic E-state index is -4.44. The molecule has 0 bridgehead atoms. The molecular weight excluding hydrogens is 439 g/mol. The van der Waals surface area contributed by atoms with Crippen molar-refractivity contribution in [3.63, 3.8) is 0 Å². The topological polar surface area (TPSA) is 55.2 Å². The van der Waals surface area contributed by atoms with Crippen molar-refractivity contribution in [1.29, 1.82) is 0 Å². The second-order valence-electron chi connectivity index (χ2n) is 8.57. The Bertz CT molecular complexity index is 1290. The van der Waals surface area contributed by atoms with Crippen LogP contribution in [0.15, 0.2) is 29.1 Å². The van der Waals surface area contributed by atoms with Gasteiger partial charge in [-0.2, -0.15) is 13.2 Å². The Hall–Kier alpha value is -2.68. The van der Waals surface area contributed by atoms with E-state index in [1.165, 1.54) is 17.4 Å². The van der Waals surface area contributed by atoms with Gasteiger partial charge in [0.1, 0.15) is 10.7 Å². The molecule has 2 aliphatic rings. The van der Waals surface area contributed by atoms with Crippen LogP contribution < -0.4 is 5.56 Å². The van der Waals surface area contributed by atoms with Gasteiger partial charge < -0.3 is 4.90 Å². The van der Waals surface area contributed by atoms with Crippen molar-refractivity contribution in [1.82, 2.24) is 14.5 Å². The Morgan fingerprint density at radius 1 is 1.31 bits per heavy atom. The number of hydrogen-bond donors (Lipinski definition) is 0. The number of carbonyl (C=O) groups excluding carboxylic acids is 1. The van der Waals surface area contributed by atoms with Gasteiger partial charge in [0.25, 0.3) is 11.5 Å². The quantitative estimate of drug-likeness (QED) is 0.543. The first-order valence-corrected chi connectivity index (χ1v) is 11.5. The minimum Gasteiger partial charge on any atom is -0.328 e. The Balaban J connectivity index is 1.55. The third-order valence-electron chi connectivity index (χ3n) is 6.39. The zero-order chi connectivity index (χ0) is 22.8. The Kier molecular flexibility index (Phi) is 4.92. The van der Waals surface area contributed by atoms with Gasteiger partial charge in [-0.25, -0.2) is 4.98 Å². The molecule has 0 saturated heterocycles. The van der Waals surface area contributed by atoms with Crippen LogP contribution in [0, 0.1) is 6.92 Å². The van der Waals surface area contributed by atoms with Gasteiger partial charge in [-0.3, -0.25) is 14.2 Å². The van der Waals surface area contributed by atoms with Crippen LogP contribution in [0.2, 0.25) is 0 Å². The molecule has 1 unspecified atom stereocenters. The van der Waals surface area contributed by atoms with Gasteiger partial charge in [0.15, 0.2) is 0 Å². The van der Waals surface area contributed by atoms with Gasteiger partial charge >= 0.3 is 6.18 Å². The van der Waals surface area contributed by atoms with Gasteiger partial charge in [-0.1, -0.05) is 12.1 Å². The van der Waals surface area contributed by atoms with Crippen molar-refractivity contribution < 1.29 is 18.0 Å². The van der Waals surface area contributed by atoms with E-state index in [-0.39, 0.29) is 17.5 Å². The molecule has 3 aromatic rings. The summed E-state index contributed by atoms with van der Waals surface area (Å²) in [4.78, 5) is 33.9. The number of fused-ring (bicyclic) bond motifs is 2. The maximum Gasteiger partial charge on any atom is 0.416 e. The van der Waals surface area contributed by atoms with Gasteiger partial charge in [0.05, 0.1) is 21.9 Å². The van der Waals surface area contributed by atoms with E-state index in [0.717, 1.165) is 43.6 Å². The molecule has 0 spiro atoms.